The molecule has 7 heteroatoms. The Bertz CT molecular complexity index is 381. The second-order valence-electron chi connectivity index (χ2n) is 3.52. The number of hydrogen-bond acceptors (Lipinski definition) is 6. The van der Waals surface area contributed by atoms with Gasteiger partial charge in [0.25, 0.3) is 0 Å². The molecule has 1 aliphatic rings. The molecule has 1 N–H and O–H groups in total. The fourth-order valence-electron chi connectivity index (χ4n) is 1.53. The van der Waals surface area contributed by atoms with E-state index in [0.29, 0.717) is 25.7 Å². The minimum atomic E-state index is -0.314. The summed E-state index contributed by atoms with van der Waals surface area (Å²) in [4.78, 5) is 17.9. The van der Waals surface area contributed by atoms with Crippen molar-refractivity contribution in [3.05, 3.63) is 5.01 Å². The predicted octanol–water partition coefficient (Wildman–Crippen LogP) is -0.202. The maximum atomic E-state index is 12.1. The number of ether oxygens (including phenoxy) is 1. The minimum Gasteiger partial charge on any atom is -0.377 e. The van der Waals surface area contributed by atoms with Crippen LogP contribution < -0.4 is 10.2 Å². The summed E-state index contributed by atoms with van der Waals surface area (Å²) in [5.41, 5.74) is 0. The van der Waals surface area contributed by atoms with Gasteiger partial charge in [-0.25, -0.2) is 4.98 Å². The molecule has 1 fully saturated rings. The lowest BCUT2D eigenvalue weighted by atomic mass is 10.3. The molecule has 16 heavy (non-hydrogen) atoms. The smallest absolute Gasteiger partial charge is 0.248 e. The van der Waals surface area contributed by atoms with Gasteiger partial charge >= 0.3 is 0 Å². The first-order valence-corrected chi connectivity index (χ1v) is 5.86. The van der Waals surface area contributed by atoms with Crippen molar-refractivity contribution in [2.45, 2.75) is 13.0 Å². The molecule has 1 aliphatic heterocycles. The van der Waals surface area contributed by atoms with Gasteiger partial charge < -0.3 is 10.1 Å². The Kier molecular flexibility index (Phi) is 3.47. The quantitative estimate of drug-likeness (QED) is 0.778. The van der Waals surface area contributed by atoms with Crippen LogP contribution in [0.4, 0.5) is 5.95 Å². The van der Waals surface area contributed by atoms with E-state index in [1.165, 1.54) is 11.5 Å². The molecule has 1 saturated heterocycles. The Morgan fingerprint density at radius 3 is 3.06 bits per heavy atom. The molecule has 0 bridgehead atoms. The van der Waals surface area contributed by atoms with Crippen molar-refractivity contribution < 1.29 is 9.53 Å². The number of likely N-dealkylation sites (N-methyl/N-ethyl adjacent to an activating group) is 1. The molecular formula is C9H14N4O2S. The Labute approximate surface area is 97.8 Å². The van der Waals surface area contributed by atoms with Crippen LogP contribution in [-0.2, 0) is 9.53 Å². The summed E-state index contributed by atoms with van der Waals surface area (Å²) < 4.78 is 9.50. The molecule has 1 unspecified atom stereocenters. The Morgan fingerprint density at radius 2 is 2.44 bits per heavy atom. The number of hydrogen-bond donors (Lipinski definition) is 1. The van der Waals surface area contributed by atoms with Gasteiger partial charge in [-0.2, -0.15) is 4.37 Å². The normalized spacial score (nSPS) is 22.2. The average Bonchev–Trinajstić information content (AvgIpc) is 2.60. The standard InChI is InChI=1S/C9H14N4O2S/c1-6-11-9(12-16-6)13-3-4-15-5-7(10-2)8(13)14/h7,10H,3-5H2,1-2H3. The zero-order chi connectivity index (χ0) is 11.5. The van der Waals surface area contributed by atoms with Gasteiger partial charge in [0.1, 0.15) is 11.0 Å². The lowest BCUT2D eigenvalue weighted by molar-refractivity contribution is -0.120. The van der Waals surface area contributed by atoms with Gasteiger partial charge in [0.2, 0.25) is 11.9 Å². The first-order chi connectivity index (χ1) is 7.72. The van der Waals surface area contributed by atoms with Gasteiger partial charge in [-0.15, -0.1) is 0 Å². The highest BCUT2D eigenvalue weighted by Crippen LogP contribution is 2.15. The van der Waals surface area contributed by atoms with Crippen LogP contribution in [0, 0.1) is 6.92 Å². The first-order valence-electron chi connectivity index (χ1n) is 5.09. The number of amides is 1. The van der Waals surface area contributed by atoms with Crippen molar-refractivity contribution in [3.63, 3.8) is 0 Å². The molecule has 0 radical (unpaired) electrons. The van der Waals surface area contributed by atoms with Crippen molar-refractivity contribution >= 4 is 23.4 Å². The first kappa shape index (κ1) is 11.4. The van der Waals surface area contributed by atoms with Crippen LogP contribution in [0.15, 0.2) is 0 Å². The number of aryl methyl sites for hydroxylation is 1. The van der Waals surface area contributed by atoms with E-state index in [0.717, 1.165) is 5.01 Å². The van der Waals surface area contributed by atoms with E-state index in [1.54, 1.807) is 11.9 Å². The van der Waals surface area contributed by atoms with Gasteiger partial charge in [-0.1, -0.05) is 0 Å². The monoisotopic (exact) mass is 242 g/mol. The van der Waals surface area contributed by atoms with Crippen molar-refractivity contribution in [1.82, 2.24) is 14.7 Å². The summed E-state index contributed by atoms with van der Waals surface area (Å²) in [7, 11) is 1.75. The van der Waals surface area contributed by atoms with Gasteiger partial charge in [-0.05, 0) is 25.5 Å². The molecule has 0 aromatic carbocycles. The van der Waals surface area contributed by atoms with Crippen LogP contribution in [0.3, 0.4) is 0 Å². The molecule has 0 aliphatic carbocycles. The van der Waals surface area contributed by atoms with Crippen LogP contribution >= 0.6 is 11.5 Å². The predicted molar refractivity (Wildman–Crippen MR) is 60.7 cm³/mol. The molecular weight excluding hydrogens is 228 g/mol. The molecule has 0 spiro atoms. The number of rotatable bonds is 2. The van der Waals surface area contributed by atoms with Crippen molar-refractivity contribution in [3.8, 4) is 0 Å². The highest BCUT2D eigenvalue weighted by molar-refractivity contribution is 7.05. The van der Waals surface area contributed by atoms with Gasteiger partial charge in [0, 0.05) is 0 Å². The molecule has 88 valence electrons. The van der Waals surface area contributed by atoms with Crippen molar-refractivity contribution in [1.29, 1.82) is 0 Å². The zero-order valence-corrected chi connectivity index (χ0v) is 10.1. The van der Waals surface area contributed by atoms with Gasteiger partial charge in [-0.3, -0.25) is 9.69 Å². The lowest BCUT2D eigenvalue weighted by Gasteiger charge is -2.19. The summed E-state index contributed by atoms with van der Waals surface area (Å²) >= 11 is 1.30. The Morgan fingerprint density at radius 1 is 1.62 bits per heavy atom. The summed E-state index contributed by atoms with van der Waals surface area (Å²) in [6.45, 7) is 3.29. The third kappa shape index (κ3) is 2.21. The third-order valence-electron chi connectivity index (χ3n) is 2.41. The number of nitrogens with one attached hydrogen (secondary N) is 1. The number of aromatic nitrogens is 2. The molecule has 1 atom stereocenters. The van der Waals surface area contributed by atoms with Crippen molar-refractivity contribution in [2.75, 3.05) is 31.7 Å². The SMILES string of the molecule is CNC1COCCN(c2nsc(C)n2)C1=O. The van der Waals surface area contributed by atoms with E-state index in [2.05, 4.69) is 14.7 Å². The van der Waals surface area contributed by atoms with Crippen molar-refractivity contribution in [2.24, 2.45) is 0 Å². The van der Waals surface area contributed by atoms with E-state index in [1.807, 2.05) is 6.92 Å². The maximum absolute atomic E-state index is 12.1. The molecule has 0 saturated carbocycles. The summed E-state index contributed by atoms with van der Waals surface area (Å²) in [5.74, 6) is 0.455. The Hall–Kier alpha value is -1.05. The second kappa shape index (κ2) is 4.86. The highest BCUT2D eigenvalue weighted by atomic mass is 32.1. The molecule has 1 aromatic heterocycles. The van der Waals surface area contributed by atoms with E-state index >= 15 is 0 Å². The van der Waals surface area contributed by atoms with Crippen LogP contribution in [0.25, 0.3) is 0 Å². The molecule has 1 aromatic rings. The summed E-state index contributed by atoms with van der Waals surface area (Å²) in [5, 5.41) is 3.79. The van der Waals surface area contributed by atoms with E-state index in [-0.39, 0.29) is 11.9 Å². The molecule has 2 rings (SSSR count). The zero-order valence-electron chi connectivity index (χ0n) is 9.27. The van der Waals surface area contributed by atoms with E-state index < -0.39 is 0 Å². The second-order valence-corrected chi connectivity index (χ2v) is 4.48. The number of carbonyl (C=O) groups excluding carboxylic acids is 1. The number of carbonyl (C=O) groups is 1. The molecule has 1 amide bonds. The molecule has 6 nitrogen and oxygen atoms in total. The maximum Gasteiger partial charge on any atom is 0.248 e. The lowest BCUT2D eigenvalue weighted by Crippen LogP contribution is -2.46. The third-order valence-corrected chi connectivity index (χ3v) is 3.02. The van der Waals surface area contributed by atoms with Gasteiger partial charge in [0.05, 0.1) is 19.8 Å². The summed E-state index contributed by atoms with van der Waals surface area (Å²) in [6, 6.07) is -0.314. The fraction of sp³-hybridized carbons (Fsp3) is 0.667. The average molecular weight is 242 g/mol. The van der Waals surface area contributed by atoms with Crippen LogP contribution in [0.2, 0.25) is 0 Å². The van der Waals surface area contributed by atoms with E-state index in [4.69, 9.17) is 4.74 Å². The van der Waals surface area contributed by atoms with E-state index in [9.17, 15) is 4.79 Å². The number of anilines is 1. The highest BCUT2D eigenvalue weighted by Gasteiger charge is 2.29. The minimum absolute atomic E-state index is 0.0298. The Balaban J connectivity index is 2.21. The number of nitrogens with zero attached hydrogens (tertiary/aromatic N) is 3. The van der Waals surface area contributed by atoms with Crippen LogP contribution in [0.5, 0.6) is 0 Å². The summed E-state index contributed by atoms with van der Waals surface area (Å²) in [6.07, 6.45) is 0. The molecule has 2 heterocycles. The van der Waals surface area contributed by atoms with Gasteiger partial charge in [0.15, 0.2) is 0 Å². The largest absolute Gasteiger partial charge is 0.377 e. The topological polar surface area (TPSA) is 67.3 Å². The van der Waals surface area contributed by atoms with Crippen LogP contribution in [-0.4, -0.2) is 48.1 Å². The van der Waals surface area contributed by atoms with Crippen LogP contribution in [0.1, 0.15) is 5.01 Å². The fourth-order valence-corrected chi connectivity index (χ4v) is 2.01.